The van der Waals surface area contributed by atoms with Crippen molar-refractivity contribution in [2.75, 3.05) is 44.5 Å². The summed E-state index contributed by atoms with van der Waals surface area (Å²) in [5.74, 6) is 0.327. The maximum Gasteiger partial charge on any atom is 0.255 e. The average molecular weight is 412 g/mol. The van der Waals surface area contributed by atoms with Crippen LogP contribution < -0.4 is 15.4 Å². The average Bonchev–Trinajstić information content (AvgIpc) is 2.79. The van der Waals surface area contributed by atoms with E-state index in [0.29, 0.717) is 35.2 Å². The monoisotopic (exact) mass is 411 g/mol. The summed E-state index contributed by atoms with van der Waals surface area (Å²) in [5, 5.41) is 5.73. The fraction of sp³-hybridized carbons (Fsp3) is 0.391. The van der Waals surface area contributed by atoms with Gasteiger partial charge in [-0.05, 0) is 49.2 Å². The Kier molecular flexibility index (Phi) is 7.82. The molecule has 2 aromatic carbocycles. The van der Waals surface area contributed by atoms with Gasteiger partial charge < -0.3 is 25.0 Å². The molecule has 30 heavy (non-hydrogen) atoms. The smallest absolute Gasteiger partial charge is 0.255 e. The van der Waals surface area contributed by atoms with Crippen molar-refractivity contribution in [3.05, 3.63) is 54.1 Å². The Morgan fingerprint density at radius 1 is 1.00 bits per heavy atom. The molecular weight excluding hydrogens is 382 g/mol. The molecule has 1 saturated heterocycles. The van der Waals surface area contributed by atoms with Crippen LogP contribution in [-0.2, 0) is 9.53 Å². The Morgan fingerprint density at radius 3 is 2.37 bits per heavy atom. The van der Waals surface area contributed by atoms with Gasteiger partial charge in [-0.25, -0.2) is 0 Å². The van der Waals surface area contributed by atoms with Crippen LogP contribution in [0.1, 0.15) is 29.6 Å². The minimum atomic E-state index is -0.239. The van der Waals surface area contributed by atoms with E-state index < -0.39 is 0 Å². The van der Waals surface area contributed by atoms with Crippen molar-refractivity contribution >= 4 is 23.2 Å². The van der Waals surface area contributed by atoms with Crippen molar-refractivity contribution in [3.63, 3.8) is 0 Å². The van der Waals surface area contributed by atoms with Crippen molar-refractivity contribution in [2.24, 2.45) is 0 Å². The summed E-state index contributed by atoms with van der Waals surface area (Å²) >= 11 is 0. The lowest BCUT2D eigenvalue weighted by Crippen LogP contribution is -2.38. The summed E-state index contributed by atoms with van der Waals surface area (Å²) in [6.07, 6.45) is 2.80. The quantitative estimate of drug-likeness (QED) is 0.696. The SMILES string of the molecule is COc1ccccc1NC(=O)c1ccc(NC(=O)CCN2CCC(OC)CC2)cc1. The molecule has 3 rings (SSSR count). The van der Waals surface area contributed by atoms with E-state index in [1.165, 1.54) is 0 Å². The topological polar surface area (TPSA) is 79.9 Å². The zero-order chi connectivity index (χ0) is 21.3. The van der Waals surface area contributed by atoms with E-state index in [1.807, 2.05) is 12.1 Å². The molecule has 1 aliphatic heterocycles. The normalized spacial score (nSPS) is 14.9. The number of piperidine rings is 1. The number of para-hydroxylation sites is 2. The van der Waals surface area contributed by atoms with Crippen LogP contribution in [0.15, 0.2) is 48.5 Å². The Labute approximate surface area is 177 Å². The highest BCUT2D eigenvalue weighted by molar-refractivity contribution is 6.05. The molecule has 2 aromatic rings. The van der Waals surface area contributed by atoms with Gasteiger partial charge in [0.15, 0.2) is 0 Å². The largest absolute Gasteiger partial charge is 0.495 e. The van der Waals surface area contributed by atoms with Crippen molar-refractivity contribution in [3.8, 4) is 5.75 Å². The number of rotatable bonds is 8. The van der Waals surface area contributed by atoms with Crippen LogP contribution >= 0.6 is 0 Å². The molecule has 1 heterocycles. The van der Waals surface area contributed by atoms with Crippen LogP contribution in [-0.4, -0.2) is 56.7 Å². The fourth-order valence-corrected chi connectivity index (χ4v) is 3.50. The number of ether oxygens (including phenoxy) is 2. The van der Waals surface area contributed by atoms with Crippen LogP contribution in [0.2, 0.25) is 0 Å². The van der Waals surface area contributed by atoms with Gasteiger partial charge in [-0.2, -0.15) is 0 Å². The first-order valence-electron chi connectivity index (χ1n) is 10.2. The van der Waals surface area contributed by atoms with Crippen LogP contribution in [0.25, 0.3) is 0 Å². The van der Waals surface area contributed by atoms with Gasteiger partial charge >= 0.3 is 0 Å². The standard InChI is InChI=1S/C23H29N3O4/c1-29-19-11-14-26(15-12-19)16-13-22(27)24-18-9-7-17(8-10-18)23(28)25-20-5-3-4-6-21(20)30-2/h3-10,19H,11-16H2,1-2H3,(H,24,27)(H,25,28). The minimum Gasteiger partial charge on any atom is -0.495 e. The zero-order valence-electron chi connectivity index (χ0n) is 17.5. The van der Waals surface area contributed by atoms with Gasteiger partial charge in [-0.1, -0.05) is 12.1 Å². The molecule has 0 aliphatic carbocycles. The fourth-order valence-electron chi connectivity index (χ4n) is 3.50. The Balaban J connectivity index is 1.47. The second-order valence-corrected chi connectivity index (χ2v) is 7.31. The van der Waals surface area contributed by atoms with Gasteiger partial charge in [0, 0.05) is 44.4 Å². The molecule has 2 N–H and O–H groups in total. The third-order valence-corrected chi connectivity index (χ3v) is 5.31. The van der Waals surface area contributed by atoms with Gasteiger partial charge in [0.25, 0.3) is 5.91 Å². The van der Waals surface area contributed by atoms with Crippen LogP contribution in [0, 0.1) is 0 Å². The number of nitrogens with one attached hydrogen (secondary N) is 2. The van der Waals surface area contributed by atoms with E-state index in [1.54, 1.807) is 50.6 Å². The highest BCUT2D eigenvalue weighted by Crippen LogP contribution is 2.24. The van der Waals surface area contributed by atoms with Gasteiger partial charge in [0.05, 0.1) is 18.9 Å². The predicted molar refractivity (Wildman–Crippen MR) is 117 cm³/mol. The number of amides is 2. The van der Waals surface area contributed by atoms with Gasteiger partial charge in [-0.3, -0.25) is 9.59 Å². The molecule has 0 unspecified atom stereocenters. The number of methoxy groups -OCH3 is 2. The number of carbonyl (C=O) groups is 2. The lowest BCUT2D eigenvalue weighted by molar-refractivity contribution is -0.116. The summed E-state index contributed by atoms with van der Waals surface area (Å²) in [5.41, 5.74) is 1.78. The molecule has 160 valence electrons. The third-order valence-electron chi connectivity index (χ3n) is 5.31. The van der Waals surface area contributed by atoms with E-state index in [2.05, 4.69) is 15.5 Å². The Morgan fingerprint density at radius 2 is 1.70 bits per heavy atom. The summed E-state index contributed by atoms with van der Waals surface area (Å²) in [6, 6.07) is 14.1. The van der Waals surface area contributed by atoms with Crippen LogP contribution in [0.3, 0.4) is 0 Å². The first-order chi connectivity index (χ1) is 14.6. The number of hydrogen-bond donors (Lipinski definition) is 2. The van der Waals surface area contributed by atoms with Crippen LogP contribution in [0.4, 0.5) is 11.4 Å². The zero-order valence-corrected chi connectivity index (χ0v) is 17.5. The molecule has 0 atom stereocenters. The van der Waals surface area contributed by atoms with Gasteiger partial charge in [0.2, 0.25) is 5.91 Å². The highest BCUT2D eigenvalue weighted by Gasteiger charge is 2.19. The Bertz CT molecular complexity index is 846. The number of likely N-dealkylation sites (tertiary alicyclic amines) is 1. The molecule has 0 bridgehead atoms. The summed E-state index contributed by atoms with van der Waals surface area (Å²) in [7, 11) is 3.31. The van der Waals surface area contributed by atoms with Crippen molar-refractivity contribution < 1.29 is 19.1 Å². The lowest BCUT2D eigenvalue weighted by atomic mass is 10.1. The summed E-state index contributed by atoms with van der Waals surface area (Å²) in [4.78, 5) is 27.0. The number of hydrogen-bond acceptors (Lipinski definition) is 5. The molecule has 0 aromatic heterocycles. The van der Waals surface area contributed by atoms with E-state index in [9.17, 15) is 9.59 Å². The second kappa shape index (κ2) is 10.8. The van der Waals surface area contributed by atoms with Crippen molar-refractivity contribution in [1.82, 2.24) is 4.90 Å². The molecule has 2 amide bonds. The summed E-state index contributed by atoms with van der Waals surface area (Å²) in [6.45, 7) is 2.66. The number of nitrogens with zero attached hydrogens (tertiary/aromatic N) is 1. The lowest BCUT2D eigenvalue weighted by Gasteiger charge is -2.30. The van der Waals surface area contributed by atoms with Gasteiger partial charge in [0.1, 0.15) is 5.75 Å². The van der Waals surface area contributed by atoms with Gasteiger partial charge in [-0.15, -0.1) is 0 Å². The molecule has 1 aliphatic rings. The van der Waals surface area contributed by atoms with Crippen molar-refractivity contribution in [2.45, 2.75) is 25.4 Å². The molecular formula is C23H29N3O4. The molecule has 0 radical (unpaired) electrons. The van der Waals surface area contributed by atoms with Crippen LogP contribution in [0.5, 0.6) is 5.75 Å². The maximum absolute atomic E-state index is 12.5. The molecule has 1 fully saturated rings. The highest BCUT2D eigenvalue weighted by atomic mass is 16.5. The molecule has 0 spiro atoms. The minimum absolute atomic E-state index is 0.0323. The first-order valence-corrected chi connectivity index (χ1v) is 10.2. The number of carbonyl (C=O) groups excluding carboxylic acids is 2. The predicted octanol–water partition coefficient (Wildman–Crippen LogP) is 3.39. The Hall–Kier alpha value is -2.90. The number of anilines is 2. The van der Waals surface area contributed by atoms with E-state index in [4.69, 9.17) is 9.47 Å². The second-order valence-electron chi connectivity index (χ2n) is 7.31. The summed E-state index contributed by atoms with van der Waals surface area (Å²) < 4.78 is 10.6. The molecule has 7 heteroatoms. The van der Waals surface area contributed by atoms with Crippen molar-refractivity contribution in [1.29, 1.82) is 0 Å². The first kappa shape index (κ1) is 21.8. The molecule has 0 saturated carbocycles. The van der Waals surface area contributed by atoms with E-state index >= 15 is 0 Å². The maximum atomic E-state index is 12.5. The number of benzene rings is 2. The van der Waals surface area contributed by atoms with E-state index in [-0.39, 0.29) is 11.8 Å². The third kappa shape index (κ3) is 6.05. The molecule has 7 nitrogen and oxygen atoms in total. The van der Waals surface area contributed by atoms with E-state index in [0.717, 1.165) is 32.5 Å².